The van der Waals surface area contributed by atoms with Gasteiger partial charge in [0.15, 0.2) is 22.7 Å². The highest BCUT2D eigenvalue weighted by Crippen LogP contribution is 2.37. The van der Waals surface area contributed by atoms with Crippen LogP contribution in [-0.4, -0.2) is 6.61 Å². The summed E-state index contributed by atoms with van der Waals surface area (Å²) in [6.07, 6.45) is 7.29. The standard InChI is InChI=1S/C22H24F2O2/c1-2-3-8-15-9-10-16-17-11-12-18(25-13-14-6-4-5-7-14)20(24)22(17)26-21(16)19(15)23/h9-12,14H,2-8,13H2,1H3. The van der Waals surface area contributed by atoms with Crippen LogP contribution in [0.2, 0.25) is 0 Å². The van der Waals surface area contributed by atoms with Crippen LogP contribution in [0, 0.1) is 17.6 Å². The van der Waals surface area contributed by atoms with E-state index in [9.17, 15) is 8.78 Å². The second-order valence-electron chi connectivity index (χ2n) is 7.34. The highest BCUT2D eigenvalue weighted by atomic mass is 19.1. The zero-order chi connectivity index (χ0) is 18.1. The summed E-state index contributed by atoms with van der Waals surface area (Å²) in [5, 5.41) is 1.20. The quantitative estimate of drug-likeness (QED) is 0.485. The minimum absolute atomic E-state index is 0.0791. The van der Waals surface area contributed by atoms with Crippen molar-refractivity contribution in [2.75, 3.05) is 6.61 Å². The molecule has 4 rings (SSSR count). The van der Waals surface area contributed by atoms with Gasteiger partial charge in [0.2, 0.25) is 5.82 Å². The number of ether oxygens (including phenoxy) is 1. The zero-order valence-electron chi connectivity index (χ0n) is 15.1. The molecule has 0 unspecified atom stereocenters. The number of aryl methyl sites for hydroxylation is 1. The van der Waals surface area contributed by atoms with E-state index >= 15 is 0 Å². The largest absolute Gasteiger partial charge is 0.490 e. The van der Waals surface area contributed by atoms with Crippen molar-refractivity contribution in [3.05, 3.63) is 41.5 Å². The molecule has 1 heterocycles. The number of unbranched alkanes of at least 4 members (excludes halogenated alkanes) is 1. The summed E-state index contributed by atoms with van der Waals surface area (Å²) < 4.78 is 41.0. The van der Waals surface area contributed by atoms with E-state index in [0.717, 1.165) is 25.7 Å². The van der Waals surface area contributed by atoms with Gasteiger partial charge < -0.3 is 9.15 Å². The first-order chi connectivity index (χ1) is 12.7. The van der Waals surface area contributed by atoms with E-state index in [2.05, 4.69) is 6.92 Å². The molecular weight excluding hydrogens is 334 g/mol. The molecule has 138 valence electrons. The molecule has 26 heavy (non-hydrogen) atoms. The number of hydrogen-bond donors (Lipinski definition) is 0. The summed E-state index contributed by atoms with van der Waals surface area (Å²) in [6, 6.07) is 7.00. The molecule has 0 atom stereocenters. The third kappa shape index (κ3) is 3.06. The summed E-state index contributed by atoms with van der Waals surface area (Å²) in [6.45, 7) is 2.60. The van der Waals surface area contributed by atoms with Crippen molar-refractivity contribution < 1.29 is 17.9 Å². The highest BCUT2D eigenvalue weighted by Gasteiger charge is 2.21. The SMILES string of the molecule is CCCCc1ccc2c(oc3c(F)c(OCC4CCCC4)ccc32)c1F. The van der Waals surface area contributed by atoms with Crippen molar-refractivity contribution in [2.45, 2.75) is 51.9 Å². The van der Waals surface area contributed by atoms with Crippen LogP contribution in [0.4, 0.5) is 8.78 Å². The molecule has 0 aliphatic heterocycles. The summed E-state index contributed by atoms with van der Waals surface area (Å²) in [4.78, 5) is 0. The smallest absolute Gasteiger partial charge is 0.208 e. The molecule has 1 aliphatic rings. The molecule has 0 spiro atoms. The predicted molar refractivity (Wildman–Crippen MR) is 99.7 cm³/mol. The van der Waals surface area contributed by atoms with Gasteiger partial charge in [-0.3, -0.25) is 0 Å². The van der Waals surface area contributed by atoms with E-state index in [-0.39, 0.29) is 22.7 Å². The van der Waals surface area contributed by atoms with Gasteiger partial charge in [-0.2, -0.15) is 4.39 Å². The lowest BCUT2D eigenvalue weighted by Crippen LogP contribution is -2.08. The van der Waals surface area contributed by atoms with Crippen LogP contribution in [0.3, 0.4) is 0 Å². The van der Waals surface area contributed by atoms with Gasteiger partial charge in [-0.05, 0) is 55.4 Å². The zero-order valence-corrected chi connectivity index (χ0v) is 15.1. The second-order valence-corrected chi connectivity index (χ2v) is 7.34. The molecule has 0 radical (unpaired) electrons. The molecule has 1 fully saturated rings. The molecule has 2 nitrogen and oxygen atoms in total. The lowest BCUT2D eigenvalue weighted by atomic mass is 10.0. The predicted octanol–water partition coefficient (Wildman–Crippen LogP) is 6.78. The van der Waals surface area contributed by atoms with E-state index in [4.69, 9.17) is 9.15 Å². The van der Waals surface area contributed by atoms with Gasteiger partial charge in [0, 0.05) is 10.8 Å². The van der Waals surface area contributed by atoms with E-state index in [1.54, 1.807) is 18.2 Å². The first-order valence-corrected chi connectivity index (χ1v) is 9.64. The Balaban J connectivity index is 1.69. The van der Waals surface area contributed by atoms with E-state index in [1.165, 1.54) is 12.8 Å². The van der Waals surface area contributed by atoms with Crippen LogP contribution >= 0.6 is 0 Å². The Morgan fingerprint density at radius 3 is 2.42 bits per heavy atom. The Labute approximate surface area is 152 Å². The fraction of sp³-hybridized carbons (Fsp3) is 0.455. The molecule has 0 N–H and O–H groups in total. The Morgan fingerprint density at radius 2 is 1.69 bits per heavy atom. The van der Waals surface area contributed by atoms with Gasteiger partial charge in [0.05, 0.1) is 6.61 Å². The van der Waals surface area contributed by atoms with Crippen molar-refractivity contribution in [2.24, 2.45) is 5.92 Å². The summed E-state index contributed by atoms with van der Waals surface area (Å²) in [5.41, 5.74) is 0.840. The van der Waals surface area contributed by atoms with Crippen LogP contribution in [0.1, 0.15) is 51.0 Å². The maximum absolute atomic E-state index is 14.9. The minimum Gasteiger partial charge on any atom is -0.490 e. The number of benzene rings is 2. The van der Waals surface area contributed by atoms with Gasteiger partial charge in [-0.25, -0.2) is 4.39 Å². The van der Waals surface area contributed by atoms with Gasteiger partial charge in [-0.15, -0.1) is 0 Å². The summed E-state index contributed by atoms with van der Waals surface area (Å²) in [7, 11) is 0. The Bertz CT molecular complexity index is 923. The lowest BCUT2D eigenvalue weighted by Gasteiger charge is -2.11. The summed E-state index contributed by atoms with van der Waals surface area (Å²) >= 11 is 0. The van der Waals surface area contributed by atoms with Crippen molar-refractivity contribution in [3.63, 3.8) is 0 Å². The Morgan fingerprint density at radius 1 is 1.00 bits per heavy atom. The van der Waals surface area contributed by atoms with Crippen molar-refractivity contribution in [1.29, 1.82) is 0 Å². The van der Waals surface area contributed by atoms with Gasteiger partial charge in [0.1, 0.15) is 0 Å². The number of halogens is 2. The van der Waals surface area contributed by atoms with Crippen molar-refractivity contribution in [3.8, 4) is 5.75 Å². The Hall–Kier alpha value is -2.10. The molecule has 0 amide bonds. The maximum atomic E-state index is 14.9. The molecule has 0 saturated heterocycles. The van der Waals surface area contributed by atoms with Crippen LogP contribution in [0.5, 0.6) is 5.75 Å². The summed E-state index contributed by atoms with van der Waals surface area (Å²) in [5.74, 6) is -0.222. The van der Waals surface area contributed by atoms with Crippen LogP contribution in [0.25, 0.3) is 21.9 Å². The van der Waals surface area contributed by atoms with Gasteiger partial charge >= 0.3 is 0 Å². The van der Waals surface area contributed by atoms with Crippen LogP contribution in [-0.2, 0) is 6.42 Å². The van der Waals surface area contributed by atoms with Crippen LogP contribution in [0.15, 0.2) is 28.7 Å². The highest BCUT2D eigenvalue weighted by molar-refractivity contribution is 6.05. The number of furan rings is 1. The average molecular weight is 358 g/mol. The average Bonchev–Trinajstić information content (AvgIpc) is 3.29. The van der Waals surface area contributed by atoms with Crippen LogP contribution < -0.4 is 4.74 Å². The topological polar surface area (TPSA) is 22.4 Å². The Kier molecular flexibility index (Phi) is 4.84. The molecule has 1 saturated carbocycles. The number of fused-ring (bicyclic) bond motifs is 3. The second kappa shape index (κ2) is 7.26. The molecule has 2 aromatic carbocycles. The number of rotatable bonds is 6. The minimum atomic E-state index is -0.536. The fourth-order valence-electron chi connectivity index (χ4n) is 3.92. The van der Waals surface area contributed by atoms with Crippen molar-refractivity contribution in [1.82, 2.24) is 0 Å². The fourth-order valence-corrected chi connectivity index (χ4v) is 3.92. The monoisotopic (exact) mass is 358 g/mol. The third-order valence-corrected chi connectivity index (χ3v) is 5.48. The van der Waals surface area contributed by atoms with E-state index in [1.807, 2.05) is 6.07 Å². The third-order valence-electron chi connectivity index (χ3n) is 5.48. The first-order valence-electron chi connectivity index (χ1n) is 9.64. The van der Waals surface area contributed by atoms with E-state index in [0.29, 0.717) is 35.3 Å². The molecule has 1 aromatic heterocycles. The molecule has 3 aromatic rings. The van der Waals surface area contributed by atoms with Gasteiger partial charge in [0.25, 0.3) is 0 Å². The maximum Gasteiger partial charge on any atom is 0.208 e. The van der Waals surface area contributed by atoms with Crippen molar-refractivity contribution >= 4 is 21.9 Å². The number of hydrogen-bond acceptors (Lipinski definition) is 2. The van der Waals surface area contributed by atoms with Gasteiger partial charge in [-0.1, -0.05) is 32.3 Å². The van der Waals surface area contributed by atoms with E-state index < -0.39 is 5.82 Å². The molecular formula is C22H24F2O2. The molecule has 4 heteroatoms. The first kappa shape index (κ1) is 17.3. The molecule has 1 aliphatic carbocycles. The lowest BCUT2D eigenvalue weighted by molar-refractivity contribution is 0.242. The normalized spacial score (nSPS) is 15.3. The molecule has 0 bridgehead atoms.